The van der Waals surface area contributed by atoms with Gasteiger partial charge in [-0.25, -0.2) is 4.79 Å². The lowest BCUT2D eigenvalue weighted by atomic mass is 10.3. The number of alkyl carbamates (subject to hydrolysis) is 1. The first-order chi connectivity index (χ1) is 8.10. The Morgan fingerprint density at radius 3 is 1.89 bits per heavy atom. The molecular formula is C9H11F6NO2. The van der Waals surface area contributed by atoms with Crippen LogP contribution in [0.15, 0.2) is 0 Å². The second-order valence-corrected chi connectivity index (χ2v) is 3.97. The largest absolute Gasteiger partial charge is 0.446 e. The van der Waals surface area contributed by atoms with E-state index >= 15 is 0 Å². The molecule has 0 atom stereocenters. The fraction of sp³-hybridized carbons (Fsp3) is 0.889. The van der Waals surface area contributed by atoms with E-state index < -0.39 is 30.6 Å². The lowest BCUT2D eigenvalue weighted by Crippen LogP contribution is -2.55. The lowest BCUT2D eigenvalue weighted by molar-refractivity contribution is -0.256. The Bertz CT molecular complexity index is 280. The fourth-order valence-corrected chi connectivity index (χ4v) is 1.66. The zero-order valence-electron chi connectivity index (χ0n) is 9.07. The van der Waals surface area contributed by atoms with Crippen LogP contribution in [0.3, 0.4) is 0 Å². The van der Waals surface area contributed by atoms with E-state index in [1.807, 2.05) is 0 Å². The number of amides is 1. The summed E-state index contributed by atoms with van der Waals surface area (Å²) < 4.78 is 77.1. The smallest absolute Gasteiger partial charge is 0.417 e. The summed E-state index contributed by atoms with van der Waals surface area (Å²) >= 11 is 0. The summed E-state index contributed by atoms with van der Waals surface area (Å²) in [5.41, 5.74) is 0. The molecule has 0 aromatic rings. The molecule has 3 nitrogen and oxygen atoms in total. The highest BCUT2D eigenvalue weighted by atomic mass is 19.4. The second-order valence-electron chi connectivity index (χ2n) is 3.97. The van der Waals surface area contributed by atoms with E-state index in [1.54, 1.807) is 0 Å². The topological polar surface area (TPSA) is 38.3 Å². The maximum absolute atomic E-state index is 12.1. The van der Waals surface area contributed by atoms with Gasteiger partial charge in [0, 0.05) is 0 Å². The predicted octanol–water partition coefficient (Wildman–Crippen LogP) is 3.15. The van der Waals surface area contributed by atoms with Crippen LogP contribution in [-0.4, -0.2) is 30.6 Å². The lowest BCUT2D eigenvalue weighted by Gasteiger charge is -2.24. The summed E-state index contributed by atoms with van der Waals surface area (Å²) in [6, 6.07) is -3.90. The molecule has 0 saturated heterocycles. The van der Waals surface area contributed by atoms with E-state index in [0.29, 0.717) is 12.8 Å². The Kier molecular flexibility index (Phi) is 4.33. The summed E-state index contributed by atoms with van der Waals surface area (Å²) in [7, 11) is 0. The molecule has 18 heavy (non-hydrogen) atoms. The number of carbonyl (C=O) groups excluding carboxylic acids is 1. The van der Waals surface area contributed by atoms with Crippen molar-refractivity contribution < 1.29 is 35.9 Å². The van der Waals surface area contributed by atoms with E-state index in [2.05, 4.69) is 4.74 Å². The Balaban J connectivity index is 2.58. The Morgan fingerprint density at radius 1 is 1.06 bits per heavy atom. The first-order valence-corrected chi connectivity index (χ1v) is 5.21. The average Bonchev–Trinajstić information content (AvgIpc) is 2.63. The minimum Gasteiger partial charge on any atom is -0.446 e. The third-order valence-corrected chi connectivity index (χ3v) is 2.49. The first-order valence-electron chi connectivity index (χ1n) is 5.21. The van der Waals surface area contributed by atoms with Crippen LogP contribution in [0, 0.1) is 0 Å². The van der Waals surface area contributed by atoms with Crippen molar-refractivity contribution in [1.82, 2.24) is 5.32 Å². The molecule has 0 heterocycles. The highest BCUT2D eigenvalue weighted by Crippen LogP contribution is 2.33. The number of nitrogens with one attached hydrogen (secondary N) is 1. The molecule has 0 aromatic heterocycles. The van der Waals surface area contributed by atoms with Gasteiger partial charge in [0.25, 0.3) is 0 Å². The standard InChI is InChI=1S/C9H11F6NO2/c10-8(11,12)6(9(13,14)15)16-7(17)18-5-3-1-2-4-5/h5-6H,1-4H2,(H,16,17). The maximum atomic E-state index is 12.1. The molecule has 1 fully saturated rings. The summed E-state index contributed by atoms with van der Waals surface area (Å²) in [6.07, 6.45) is -11.1. The van der Waals surface area contributed by atoms with Crippen LogP contribution < -0.4 is 5.32 Å². The molecule has 1 aliphatic carbocycles. The van der Waals surface area contributed by atoms with Gasteiger partial charge < -0.3 is 10.1 Å². The quantitative estimate of drug-likeness (QED) is 0.788. The summed E-state index contributed by atoms with van der Waals surface area (Å²) in [5, 5.41) is 0.813. The van der Waals surface area contributed by atoms with Crippen LogP contribution in [0.1, 0.15) is 25.7 Å². The van der Waals surface area contributed by atoms with Crippen molar-refractivity contribution in [3.05, 3.63) is 0 Å². The normalized spacial score (nSPS) is 18.2. The van der Waals surface area contributed by atoms with E-state index in [9.17, 15) is 31.1 Å². The Morgan fingerprint density at radius 2 is 1.50 bits per heavy atom. The molecule has 9 heteroatoms. The van der Waals surface area contributed by atoms with Crippen molar-refractivity contribution in [2.45, 2.75) is 50.2 Å². The van der Waals surface area contributed by atoms with Gasteiger partial charge in [0.05, 0.1) is 0 Å². The molecule has 1 aliphatic rings. The van der Waals surface area contributed by atoms with Crippen LogP contribution in [0.25, 0.3) is 0 Å². The van der Waals surface area contributed by atoms with Crippen LogP contribution >= 0.6 is 0 Å². The van der Waals surface area contributed by atoms with Crippen LogP contribution in [0.4, 0.5) is 31.1 Å². The van der Waals surface area contributed by atoms with Gasteiger partial charge in [-0.1, -0.05) is 0 Å². The molecule has 106 valence electrons. The maximum Gasteiger partial charge on any atom is 0.417 e. The molecule has 0 bridgehead atoms. The number of rotatable bonds is 2. The minimum atomic E-state index is -5.60. The molecule has 1 amide bonds. The highest BCUT2D eigenvalue weighted by molar-refractivity contribution is 5.68. The van der Waals surface area contributed by atoms with Gasteiger partial charge in [0.15, 0.2) is 0 Å². The Labute approximate surface area is 98.5 Å². The summed E-state index contributed by atoms with van der Waals surface area (Å²) in [4.78, 5) is 11.0. The van der Waals surface area contributed by atoms with Crippen molar-refractivity contribution in [2.75, 3.05) is 0 Å². The van der Waals surface area contributed by atoms with Gasteiger partial charge >= 0.3 is 18.4 Å². The number of halogens is 6. The van der Waals surface area contributed by atoms with Crippen LogP contribution in [0.5, 0.6) is 0 Å². The predicted molar refractivity (Wildman–Crippen MR) is 47.8 cm³/mol. The molecule has 0 unspecified atom stereocenters. The van der Waals surface area contributed by atoms with Gasteiger partial charge in [-0.15, -0.1) is 0 Å². The minimum absolute atomic E-state index is 0.454. The SMILES string of the molecule is O=C(NC(C(F)(F)F)C(F)(F)F)OC1CCCC1. The zero-order chi connectivity index (χ0) is 14.0. The van der Waals surface area contributed by atoms with Gasteiger partial charge in [0.2, 0.25) is 6.04 Å². The molecule has 1 saturated carbocycles. The van der Waals surface area contributed by atoms with Crippen molar-refractivity contribution in [3.8, 4) is 0 Å². The van der Waals surface area contributed by atoms with Gasteiger partial charge in [-0.3, -0.25) is 0 Å². The molecular weight excluding hydrogens is 268 g/mol. The Hall–Kier alpha value is -1.15. The van der Waals surface area contributed by atoms with Crippen molar-refractivity contribution in [2.24, 2.45) is 0 Å². The van der Waals surface area contributed by atoms with Crippen LogP contribution in [0.2, 0.25) is 0 Å². The molecule has 0 aliphatic heterocycles. The summed E-state index contributed by atoms with van der Waals surface area (Å²) in [5.74, 6) is 0. The zero-order valence-corrected chi connectivity index (χ0v) is 9.07. The van der Waals surface area contributed by atoms with Gasteiger partial charge in [0.1, 0.15) is 6.10 Å². The van der Waals surface area contributed by atoms with E-state index in [1.165, 1.54) is 0 Å². The van der Waals surface area contributed by atoms with Gasteiger partial charge in [-0.2, -0.15) is 26.3 Å². The van der Waals surface area contributed by atoms with Crippen molar-refractivity contribution in [1.29, 1.82) is 0 Å². The molecule has 1 rings (SSSR count). The number of hydrogen-bond acceptors (Lipinski definition) is 2. The third kappa shape index (κ3) is 4.26. The molecule has 0 spiro atoms. The molecule has 0 aromatic carbocycles. The highest BCUT2D eigenvalue weighted by Gasteiger charge is 2.58. The fourth-order valence-electron chi connectivity index (χ4n) is 1.66. The van der Waals surface area contributed by atoms with E-state index in [0.717, 1.165) is 18.2 Å². The third-order valence-electron chi connectivity index (χ3n) is 2.49. The molecule has 0 radical (unpaired) electrons. The number of ether oxygens (including phenoxy) is 1. The van der Waals surface area contributed by atoms with E-state index in [-0.39, 0.29) is 0 Å². The van der Waals surface area contributed by atoms with Gasteiger partial charge in [-0.05, 0) is 25.7 Å². The van der Waals surface area contributed by atoms with Crippen molar-refractivity contribution >= 4 is 6.09 Å². The van der Waals surface area contributed by atoms with Crippen molar-refractivity contribution in [3.63, 3.8) is 0 Å². The van der Waals surface area contributed by atoms with Crippen LogP contribution in [-0.2, 0) is 4.74 Å². The first kappa shape index (κ1) is 14.9. The number of alkyl halides is 6. The second kappa shape index (κ2) is 5.23. The number of carbonyl (C=O) groups is 1. The van der Waals surface area contributed by atoms with E-state index in [4.69, 9.17) is 0 Å². The number of hydrogen-bond donors (Lipinski definition) is 1. The summed E-state index contributed by atoms with van der Waals surface area (Å²) in [6.45, 7) is 0. The molecule has 1 N–H and O–H groups in total. The average molecular weight is 279 g/mol. The monoisotopic (exact) mass is 279 g/mol.